The second-order valence-electron chi connectivity index (χ2n) is 0.963. The summed E-state index contributed by atoms with van der Waals surface area (Å²) in [6.45, 7) is 0.956. The first-order chi connectivity index (χ1) is 2.89. The number of ether oxygens (including phenoxy) is 2. The van der Waals surface area contributed by atoms with Gasteiger partial charge in [-0.2, -0.15) is 0 Å². The fourth-order valence-corrected chi connectivity index (χ4v) is 0.300. The molecule has 0 bridgehead atoms. The van der Waals surface area contributed by atoms with E-state index in [-0.39, 0.29) is 6.16 Å². The van der Waals surface area contributed by atoms with Gasteiger partial charge >= 0.3 is 6.16 Å². The van der Waals surface area contributed by atoms with Gasteiger partial charge in [-0.05, 0) is 0 Å². The van der Waals surface area contributed by atoms with Crippen molar-refractivity contribution in [2.24, 2.45) is 0 Å². The van der Waals surface area contributed by atoms with Crippen molar-refractivity contribution in [3.63, 3.8) is 0 Å². The summed E-state index contributed by atoms with van der Waals surface area (Å²) in [6, 6.07) is 0. The van der Waals surface area contributed by atoms with Crippen LogP contribution in [0.3, 0.4) is 0 Å². The zero-order valence-electron chi connectivity index (χ0n) is 3.18. The molecular weight excluding hydrogens is 84.0 g/mol. The van der Waals surface area contributed by atoms with Gasteiger partial charge < -0.3 is 14.3 Å². The Hall–Kier alpha value is -0.730. The molecule has 0 aliphatic carbocycles. The van der Waals surface area contributed by atoms with Crippen molar-refractivity contribution in [1.82, 2.24) is 0 Å². The molecule has 1 fully saturated rings. The van der Waals surface area contributed by atoms with Crippen LogP contribution in [-0.4, -0.2) is 24.2 Å². The van der Waals surface area contributed by atoms with Crippen molar-refractivity contribution in [3.05, 3.63) is 0 Å². The zero-order valence-corrected chi connectivity index (χ0v) is 3.18. The lowest BCUT2D eigenvalue weighted by Crippen LogP contribution is -1.93. The van der Waals surface area contributed by atoms with Crippen molar-refractivity contribution in [1.29, 1.82) is 0 Å². The van der Waals surface area contributed by atoms with Crippen LogP contribution in [-0.2, 0) is 9.47 Å². The van der Waals surface area contributed by atoms with E-state index in [1.165, 1.54) is 0 Å². The number of hydrogen-bond donors (Lipinski definition) is 0. The summed E-state index contributed by atoms with van der Waals surface area (Å²) in [5.41, 5.74) is 0. The Morgan fingerprint density at radius 1 is 1.33 bits per heavy atom. The molecular formula is C3H5O3+. The van der Waals surface area contributed by atoms with Gasteiger partial charge in [-0.3, -0.25) is 0 Å². The fourth-order valence-electron chi connectivity index (χ4n) is 0.300. The normalized spacial score (nSPS) is 19.7. The van der Waals surface area contributed by atoms with Gasteiger partial charge in [-0.15, -0.1) is 0 Å². The van der Waals surface area contributed by atoms with E-state index >= 15 is 0 Å². The van der Waals surface area contributed by atoms with E-state index in [0.29, 0.717) is 13.2 Å². The largest absolute Gasteiger partial charge is 0.712 e. The minimum absolute atomic E-state index is 0.296. The molecule has 1 aliphatic heterocycles. The molecule has 0 saturated carbocycles. The van der Waals surface area contributed by atoms with Crippen LogP contribution >= 0.6 is 0 Å². The molecule has 1 saturated heterocycles. The summed E-state index contributed by atoms with van der Waals surface area (Å²) in [7, 11) is 0. The highest BCUT2D eigenvalue weighted by Crippen LogP contribution is 1.89. The topological polar surface area (TPSA) is 39.9 Å². The van der Waals surface area contributed by atoms with E-state index in [0.717, 1.165) is 0 Å². The first kappa shape index (κ1) is 3.46. The van der Waals surface area contributed by atoms with Crippen LogP contribution in [0.4, 0.5) is 0 Å². The summed E-state index contributed by atoms with van der Waals surface area (Å²) in [5.74, 6) is 0. The van der Waals surface area contributed by atoms with E-state index in [9.17, 15) is 0 Å². The molecule has 34 valence electrons. The standard InChI is InChI=1S/C3H4O3/c4-3-5-1-2-6-3/h1-2H2/p+1. The molecule has 3 heteroatoms. The summed E-state index contributed by atoms with van der Waals surface area (Å²) in [6.07, 6.45) is -0.296. The zero-order chi connectivity index (χ0) is 4.41. The maximum atomic E-state index is 8.20. The van der Waals surface area contributed by atoms with Gasteiger partial charge in [-0.1, -0.05) is 0 Å². The Bertz CT molecular complexity index is 60.4. The Balaban J connectivity index is 2.37. The van der Waals surface area contributed by atoms with Gasteiger partial charge in [0.25, 0.3) is 0 Å². The molecule has 1 aliphatic rings. The first-order valence-corrected chi connectivity index (χ1v) is 1.71. The highest BCUT2D eigenvalue weighted by Gasteiger charge is 2.22. The summed E-state index contributed by atoms with van der Waals surface area (Å²) in [5, 5.41) is 0. The Labute approximate surface area is 34.9 Å². The molecule has 3 nitrogen and oxygen atoms in total. The molecule has 0 radical (unpaired) electrons. The van der Waals surface area contributed by atoms with Crippen LogP contribution in [0.2, 0.25) is 0 Å². The third-order valence-corrected chi connectivity index (χ3v) is 0.534. The fraction of sp³-hybridized carbons (Fsp3) is 0.667. The van der Waals surface area contributed by atoms with Crippen LogP contribution in [0.1, 0.15) is 0 Å². The summed E-state index contributed by atoms with van der Waals surface area (Å²) >= 11 is 0. The predicted octanol–water partition coefficient (Wildman–Crippen LogP) is -0.507. The van der Waals surface area contributed by atoms with Crippen LogP contribution in [0.15, 0.2) is 0 Å². The average molecular weight is 89.1 g/mol. The highest BCUT2D eigenvalue weighted by atomic mass is 16.8. The molecule has 6 heavy (non-hydrogen) atoms. The molecule has 0 atom stereocenters. The van der Waals surface area contributed by atoms with Crippen LogP contribution in [0.5, 0.6) is 0 Å². The smallest absolute Gasteiger partial charge is 0.336 e. The van der Waals surface area contributed by atoms with Crippen molar-refractivity contribution in [3.8, 4) is 0 Å². The number of carbonyl (C=O) groups excluding carboxylic acids is 1. The lowest BCUT2D eigenvalue weighted by atomic mass is 10.8. The van der Waals surface area contributed by atoms with Crippen molar-refractivity contribution in [2.45, 2.75) is 0 Å². The Morgan fingerprint density at radius 3 is 2.00 bits per heavy atom. The summed E-state index contributed by atoms with van der Waals surface area (Å²) < 4.78 is 8.81. The van der Waals surface area contributed by atoms with Gasteiger partial charge in [-0.25, -0.2) is 0 Å². The van der Waals surface area contributed by atoms with Gasteiger partial charge in [0.15, 0.2) is 0 Å². The Kier molecular flexibility index (Phi) is 0.670. The van der Waals surface area contributed by atoms with E-state index in [1.54, 1.807) is 0 Å². The van der Waals surface area contributed by atoms with Crippen molar-refractivity contribution >= 4 is 6.16 Å². The average Bonchev–Trinajstić information content (AvgIpc) is 1.86. The minimum atomic E-state index is -0.296. The third-order valence-electron chi connectivity index (χ3n) is 0.534. The first-order valence-electron chi connectivity index (χ1n) is 1.71. The van der Waals surface area contributed by atoms with E-state index < -0.39 is 0 Å². The molecule has 0 aromatic rings. The highest BCUT2D eigenvalue weighted by molar-refractivity contribution is 5.61. The van der Waals surface area contributed by atoms with Crippen molar-refractivity contribution < 1.29 is 14.3 Å². The molecule has 0 spiro atoms. The molecule has 1 heterocycles. The second kappa shape index (κ2) is 1.16. The van der Waals surface area contributed by atoms with E-state index in [4.69, 9.17) is 4.79 Å². The van der Waals surface area contributed by atoms with Gasteiger partial charge in [0.2, 0.25) is 13.2 Å². The number of hydrogen-bond acceptors (Lipinski definition) is 2. The Morgan fingerprint density at radius 2 is 1.83 bits per heavy atom. The molecule has 1 N–H and O–H groups in total. The maximum Gasteiger partial charge on any atom is 0.712 e. The van der Waals surface area contributed by atoms with Crippen LogP contribution in [0.25, 0.3) is 0 Å². The SMILES string of the molecule is [OH+]=C1OCCO1. The molecule has 1 rings (SSSR count). The van der Waals surface area contributed by atoms with Gasteiger partial charge in [0, 0.05) is 0 Å². The lowest BCUT2D eigenvalue weighted by molar-refractivity contribution is 0.276. The van der Waals surface area contributed by atoms with Crippen molar-refractivity contribution in [2.75, 3.05) is 13.2 Å². The minimum Gasteiger partial charge on any atom is -0.336 e. The van der Waals surface area contributed by atoms with Gasteiger partial charge in [0.1, 0.15) is 0 Å². The van der Waals surface area contributed by atoms with Crippen LogP contribution in [0, 0.1) is 0 Å². The molecule has 0 amide bonds. The maximum absolute atomic E-state index is 8.20. The lowest BCUT2D eigenvalue weighted by Gasteiger charge is -1.66. The second-order valence-corrected chi connectivity index (χ2v) is 0.963. The number of cyclic esters (lactones) is 2. The van der Waals surface area contributed by atoms with E-state index in [1.807, 2.05) is 0 Å². The molecule has 0 aromatic heterocycles. The van der Waals surface area contributed by atoms with Crippen LogP contribution < -0.4 is 0 Å². The molecule has 0 aromatic carbocycles. The monoisotopic (exact) mass is 89.0 g/mol. The quantitative estimate of drug-likeness (QED) is 0.296. The van der Waals surface area contributed by atoms with Gasteiger partial charge in [0.05, 0.1) is 0 Å². The van der Waals surface area contributed by atoms with E-state index in [2.05, 4.69) is 9.47 Å². The predicted molar refractivity (Wildman–Crippen MR) is 18.8 cm³/mol. The third kappa shape index (κ3) is 0.429. The number of rotatable bonds is 0. The molecule has 0 unspecified atom stereocenters. The summed E-state index contributed by atoms with van der Waals surface area (Å²) in [4.78, 5) is 8.20.